The molecule has 5 nitrogen and oxygen atoms in total. The molecule has 3 fully saturated rings. The predicted molar refractivity (Wildman–Crippen MR) is 115 cm³/mol. The number of para-hydroxylation sites is 1. The Balaban J connectivity index is 1.45. The van der Waals surface area contributed by atoms with Gasteiger partial charge < -0.3 is 14.4 Å². The van der Waals surface area contributed by atoms with E-state index in [1.54, 1.807) is 0 Å². The van der Waals surface area contributed by atoms with Crippen LogP contribution in [-0.4, -0.2) is 65.2 Å². The average Bonchev–Trinajstić information content (AvgIpc) is 3.07. The van der Waals surface area contributed by atoms with Gasteiger partial charge in [-0.25, -0.2) is 0 Å². The number of fused-ring (bicyclic) bond motifs is 6. The first kappa shape index (κ1) is 17.7. The molecule has 6 rings (SSSR count). The zero-order valence-corrected chi connectivity index (χ0v) is 16.8. The molecule has 5 heteroatoms. The highest BCUT2D eigenvalue weighted by Gasteiger charge is 2.45. The summed E-state index contributed by atoms with van der Waals surface area (Å²) in [6, 6.07) is 14.8. The Morgan fingerprint density at radius 3 is 2.43 bits per heavy atom. The number of benzene rings is 2. The second kappa shape index (κ2) is 6.61. The highest BCUT2D eigenvalue weighted by Crippen LogP contribution is 2.31. The quantitative estimate of drug-likeness (QED) is 0.709. The van der Waals surface area contributed by atoms with Crippen molar-refractivity contribution in [2.75, 3.05) is 44.6 Å². The van der Waals surface area contributed by atoms with Crippen LogP contribution in [-0.2, 0) is 11.3 Å². The predicted octanol–water partition coefficient (Wildman–Crippen LogP) is 3.29. The number of carbonyl (C=O) groups is 1. The SMILES string of the molecule is CCn1c2ccccc2c2cc(NC(=O)[C@@H](C)[N+]34CCN(CC3)CC4)ccc21. The fourth-order valence-electron chi connectivity index (χ4n) is 5.24. The van der Waals surface area contributed by atoms with Crippen molar-refractivity contribution in [3.8, 4) is 0 Å². The molecule has 0 saturated carbocycles. The topological polar surface area (TPSA) is 37.3 Å². The van der Waals surface area contributed by atoms with E-state index in [1.807, 2.05) is 6.07 Å². The standard InChI is InChI=1S/C23H28N4O/c1-3-26-21-7-5-4-6-19(21)20-16-18(8-9-22(20)26)24-23(28)17(2)27-13-10-25(11-14-27)12-15-27/h4-9,16-17H,3,10-15H2,1-2H3/p+1/t17-/m1/s1. The first-order valence-corrected chi connectivity index (χ1v) is 10.5. The zero-order valence-electron chi connectivity index (χ0n) is 16.8. The van der Waals surface area contributed by atoms with Crippen molar-refractivity contribution in [2.45, 2.75) is 26.4 Å². The molecular formula is C23H29N4O+. The number of rotatable bonds is 4. The number of nitrogens with zero attached hydrogens (tertiary/aromatic N) is 3. The molecule has 2 bridgehead atoms. The highest BCUT2D eigenvalue weighted by molar-refractivity contribution is 6.10. The molecule has 0 spiro atoms. The minimum Gasteiger partial charge on any atom is -0.341 e. The van der Waals surface area contributed by atoms with Crippen LogP contribution in [0.15, 0.2) is 42.5 Å². The van der Waals surface area contributed by atoms with Crippen molar-refractivity contribution in [3.63, 3.8) is 0 Å². The van der Waals surface area contributed by atoms with Crippen LogP contribution in [0.5, 0.6) is 0 Å². The summed E-state index contributed by atoms with van der Waals surface area (Å²) in [5, 5.41) is 5.68. The number of aryl methyl sites for hydroxylation is 1. The van der Waals surface area contributed by atoms with Gasteiger partial charge in [-0.3, -0.25) is 9.69 Å². The zero-order chi connectivity index (χ0) is 19.3. The van der Waals surface area contributed by atoms with E-state index in [9.17, 15) is 4.79 Å². The third-order valence-electron chi connectivity index (χ3n) is 7.14. The third-order valence-corrected chi connectivity index (χ3v) is 7.14. The van der Waals surface area contributed by atoms with Crippen LogP contribution < -0.4 is 5.32 Å². The van der Waals surface area contributed by atoms with Gasteiger partial charge >= 0.3 is 0 Å². The van der Waals surface area contributed by atoms with E-state index < -0.39 is 0 Å². The van der Waals surface area contributed by atoms with Gasteiger partial charge in [0.15, 0.2) is 6.04 Å². The molecule has 3 aliphatic heterocycles. The third kappa shape index (κ3) is 2.65. The van der Waals surface area contributed by atoms with Gasteiger partial charge in [0.2, 0.25) is 0 Å². The second-order valence-corrected chi connectivity index (χ2v) is 8.39. The van der Waals surface area contributed by atoms with Crippen molar-refractivity contribution in [1.29, 1.82) is 0 Å². The molecule has 1 amide bonds. The number of hydrogen-bond donors (Lipinski definition) is 1. The van der Waals surface area contributed by atoms with Crippen molar-refractivity contribution >= 4 is 33.4 Å². The molecule has 4 heterocycles. The summed E-state index contributed by atoms with van der Waals surface area (Å²) in [6.07, 6.45) is 0. The molecule has 1 N–H and O–H groups in total. The maximum Gasteiger partial charge on any atom is 0.282 e. The van der Waals surface area contributed by atoms with Crippen LogP contribution in [0.4, 0.5) is 5.69 Å². The van der Waals surface area contributed by atoms with Gasteiger partial charge in [0, 0.05) is 53.7 Å². The molecule has 0 unspecified atom stereocenters. The Morgan fingerprint density at radius 2 is 1.71 bits per heavy atom. The first-order chi connectivity index (χ1) is 13.6. The van der Waals surface area contributed by atoms with Gasteiger partial charge in [-0.05, 0) is 38.1 Å². The molecule has 1 aromatic heterocycles. The van der Waals surface area contributed by atoms with Crippen LogP contribution in [0.25, 0.3) is 21.8 Å². The number of hydrogen-bond acceptors (Lipinski definition) is 2. The van der Waals surface area contributed by atoms with Crippen LogP contribution in [0, 0.1) is 0 Å². The lowest BCUT2D eigenvalue weighted by molar-refractivity contribution is -0.953. The highest BCUT2D eigenvalue weighted by atomic mass is 16.2. The number of piperazine rings is 3. The van der Waals surface area contributed by atoms with Crippen LogP contribution in [0.3, 0.4) is 0 Å². The van der Waals surface area contributed by atoms with E-state index in [4.69, 9.17) is 0 Å². The summed E-state index contributed by atoms with van der Waals surface area (Å²) in [5.41, 5.74) is 3.38. The van der Waals surface area contributed by atoms with Gasteiger partial charge in [-0.15, -0.1) is 0 Å². The Bertz CT molecular complexity index is 1030. The first-order valence-electron chi connectivity index (χ1n) is 10.5. The van der Waals surface area contributed by atoms with E-state index in [2.05, 4.69) is 65.0 Å². The smallest absolute Gasteiger partial charge is 0.282 e. The van der Waals surface area contributed by atoms with E-state index in [1.165, 1.54) is 21.8 Å². The largest absolute Gasteiger partial charge is 0.341 e. The van der Waals surface area contributed by atoms with E-state index in [0.717, 1.165) is 56.0 Å². The van der Waals surface area contributed by atoms with Crippen molar-refractivity contribution < 1.29 is 9.28 Å². The van der Waals surface area contributed by atoms with E-state index >= 15 is 0 Å². The molecule has 3 aromatic rings. The van der Waals surface area contributed by atoms with Crippen molar-refractivity contribution in [3.05, 3.63) is 42.5 Å². The molecule has 28 heavy (non-hydrogen) atoms. The Morgan fingerprint density at radius 1 is 1.04 bits per heavy atom. The second-order valence-electron chi connectivity index (χ2n) is 8.39. The summed E-state index contributed by atoms with van der Waals surface area (Å²) < 4.78 is 3.28. The van der Waals surface area contributed by atoms with Crippen LogP contribution in [0.2, 0.25) is 0 Å². The number of anilines is 1. The lowest BCUT2D eigenvalue weighted by Crippen LogP contribution is -2.72. The number of aromatic nitrogens is 1. The number of amides is 1. The van der Waals surface area contributed by atoms with Gasteiger partial charge in [-0.1, -0.05) is 18.2 Å². The van der Waals surface area contributed by atoms with Crippen molar-refractivity contribution in [1.82, 2.24) is 9.47 Å². The summed E-state index contributed by atoms with van der Waals surface area (Å²) in [4.78, 5) is 15.6. The van der Waals surface area contributed by atoms with Gasteiger partial charge in [0.25, 0.3) is 5.91 Å². The summed E-state index contributed by atoms with van der Waals surface area (Å²) in [7, 11) is 0. The Kier molecular flexibility index (Phi) is 4.18. The van der Waals surface area contributed by atoms with Crippen LogP contribution in [0.1, 0.15) is 13.8 Å². The molecule has 146 valence electrons. The van der Waals surface area contributed by atoms with E-state index in [0.29, 0.717) is 0 Å². The number of nitrogens with one attached hydrogen (secondary N) is 1. The van der Waals surface area contributed by atoms with E-state index in [-0.39, 0.29) is 11.9 Å². The summed E-state index contributed by atoms with van der Waals surface area (Å²) >= 11 is 0. The molecule has 1 atom stereocenters. The van der Waals surface area contributed by atoms with Gasteiger partial charge in [0.1, 0.15) is 0 Å². The lowest BCUT2D eigenvalue weighted by atomic mass is 10.1. The fraction of sp³-hybridized carbons (Fsp3) is 0.435. The molecule has 3 aliphatic rings. The minimum absolute atomic E-state index is 0.00451. The van der Waals surface area contributed by atoms with Crippen LogP contribution >= 0.6 is 0 Å². The normalized spacial score (nSPS) is 25.3. The van der Waals surface area contributed by atoms with Crippen molar-refractivity contribution in [2.24, 2.45) is 0 Å². The number of quaternary nitrogens is 1. The maximum atomic E-state index is 13.1. The Hall–Kier alpha value is -2.37. The molecule has 3 saturated heterocycles. The molecule has 2 aromatic carbocycles. The fourth-order valence-corrected chi connectivity index (χ4v) is 5.24. The lowest BCUT2D eigenvalue weighted by Gasteiger charge is -2.52. The van der Waals surface area contributed by atoms with Gasteiger partial charge in [-0.2, -0.15) is 0 Å². The Labute approximate surface area is 166 Å². The monoisotopic (exact) mass is 377 g/mol. The minimum atomic E-state index is -0.00451. The molecule has 0 radical (unpaired) electrons. The van der Waals surface area contributed by atoms with Gasteiger partial charge in [0.05, 0.1) is 19.6 Å². The summed E-state index contributed by atoms with van der Waals surface area (Å²) in [6.45, 7) is 11.9. The average molecular weight is 378 g/mol. The molecule has 0 aliphatic carbocycles. The molecular weight excluding hydrogens is 348 g/mol. The number of carbonyl (C=O) groups excluding carboxylic acids is 1. The maximum absolute atomic E-state index is 13.1. The summed E-state index contributed by atoms with van der Waals surface area (Å²) in [5.74, 6) is 0.147.